The van der Waals surface area contributed by atoms with Crippen molar-refractivity contribution in [3.05, 3.63) is 52.9 Å². The molecule has 0 atom stereocenters. The maximum absolute atomic E-state index is 12.0. The van der Waals surface area contributed by atoms with Gasteiger partial charge in [-0.25, -0.2) is 0 Å². The van der Waals surface area contributed by atoms with E-state index in [0.717, 1.165) is 11.3 Å². The molecular formula is C16H15ClN4O2S2. The SMILES string of the molecule is Cc1ccc(NC(=O)CSc2nnc(NCc3ccco3)s2)c(Cl)c1. The van der Waals surface area contributed by atoms with E-state index in [-0.39, 0.29) is 11.7 Å². The van der Waals surface area contributed by atoms with Gasteiger partial charge in [-0.3, -0.25) is 4.79 Å². The molecule has 3 rings (SSSR count). The second kappa shape index (κ2) is 8.37. The Morgan fingerprint density at radius 1 is 1.36 bits per heavy atom. The van der Waals surface area contributed by atoms with E-state index < -0.39 is 0 Å². The van der Waals surface area contributed by atoms with Crippen molar-refractivity contribution in [3.63, 3.8) is 0 Å². The van der Waals surface area contributed by atoms with E-state index in [2.05, 4.69) is 20.8 Å². The number of halogens is 1. The first-order valence-electron chi connectivity index (χ1n) is 7.39. The van der Waals surface area contributed by atoms with Crippen LogP contribution in [-0.4, -0.2) is 21.9 Å². The highest BCUT2D eigenvalue weighted by Gasteiger charge is 2.10. The van der Waals surface area contributed by atoms with Gasteiger partial charge in [0.1, 0.15) is 5.76 Å². The van der Waals surface area contributed by atoms with Crippen molar-refractivity contribution in [1.29, 1.82) is 0 Å². The van der Waals surface area contributed by atoms with Crippen LogP contribution in [0.15, 0.2) is 45.4 Å². The maximum Gasteiger partial charge on any atom is 0.234 e. The molecule has 0 saturated heterocycles. The average Bonchev–Trinajstić information content (AvgIpc) is 3.25. The predicted octanol–water partition coefficient (Wildman–Crippen LogP) is 4.44. The van der Waals surface area contributed by atoms with Crippen LogP contribution >= 0.6 is 34.7 Å². The first kappa shape index (κ1) is 17.8. The van der Waals surface area contributed by atoms with Crippen LogP contribution in [0.1, 0.15) is 11.3 Å². The summed E-state index contributed by atoms with van der Waals surface area (Å²) in [7, 11) is 0. The Morgan fingerprint density at radius 2 is 2.24 bits per heavy atom. The van der Waals surface area contributed by atoms with E-state index in [1.54, 1.807) is 12.3 Å². The summed E-state index contributed by atoms with van der Waals surface area (Å²) in [6.45, 7) is 2.49. The van der Waals surface area contributed by atoms with Gasteiger partial charge in [0.05, 0.1) is 29.3 Å². The number of carbonyl (C=O) groups excluding carboxylic acids is 1. The minimum Gasteiger partial charge on any atom is -0.467 e. The normalized spacial score (nSPS) is 10.6. The number of thioether (sulfide) groups is 1. The van der Waals surface area contributed by atoms with E-state index in [4.69, 9.17) is 16.0 Å². The summed E-state index contributed by atoms with van der Waals surface area (Å²) in [5.74, 6) is 0.909. The number of aryl methyl sites for hydroxylation is 1. The third-order valence-electron chi connectivity index (χ3n) is 3.13. The van der Waals surface area contributed by atoms with E-state index in [1.165, 1.54) is 23.1 Å². The standard InChI is InChI=1S/C16H15ClN4O2S2/c1-10-4-5-13(12(17)7-10)19-14(22)9-24-16-21-20-15(25-16)18-8-11-3-2-6-23-11/h2-7H,8-9H2,1H3,(H,18,20)(H,19,22). The Hall–Kier alpha value is -2.03. The van der Waals surface area contributed by atoms with Crippen molar-refractivity contribution < 1.29 is 9.21 Å². The molecule has 25 heavy (non-hydrogen) atoms. The number of benzene rings is 1. The van der Waals surface area contributed by atoms with Crippen LogP contribution in [0, 0.1) is 6.92 Å². The van der Waals surface area contributed by atoms with Gasteiger partial charge in [0.2, 0.25) is 11.0 Å². The number of rotatable bonds is 7. The van der Waals surface area contributed by atoms with Crippen molar-refractivity contribution in [2.24, 2.45) is 0 Å². The average molecular weight is 395 g/mol. The van der Waals surface area contributed by atoms with Crippen LogP contribution in [0.2, 0.25) is 5.02 Å². The largest absolute Gasteiger partial charge is 0.467 e. The molecule has 9 heteroatoms. The van der Waals surface area contributed by atoms with Crippen LogP contribution in [0.4, 0.5) is 10.8 Å². The Bertz CT molecular complexity index is 852. The zero-order chi connectivity index (χ0) is 17.6. The lowest BCUT2D eigenvalue weighted by Gasteiger charge is -2.07. The molecule has 130 valence electrons. The first-order chi connectivity index (χ1) is 12.1. The number of hydrogen-bond acceptors (Lipinski definition) is 7. The number of carbonyl (C=O) groups is 1. The van der Waals surface area contributed by atoms with Crippen molar-refractivity contribution in [2.45, 2.75) is 17.8 Å². The lowest BCUT2D eigenvalue weighted by atomic mass is 10.2. The van der Waals surface area contributed by atoms with Gasteiger partial charge >= 0.3 is 0 Å². The minimum absolute atomic E-state index is 0.143. The zero-order valence-electron chi connectivity index (χ0n) is 13.3. The van der Waals surface area contributed by atoms with Crippen LogP contribution in [0.5, 0.6) is 0 Å². The second-order valence-electron chi connectivity index (χ2n) is 5.13. The number of anilines is 2. The first-order valence-corrected chi connectivity index (χ1v) is 9.57. The third-order valence-corrected chi connectivity index (χ3v) is 5.45. The molecule has 0 saturated carbocycles. The van der Waals surface area contributed by atoms with Gasteiger partial charge < -0.3 is 15.1 Å². The molecule has 0 aliphatic heterocycles. The van der Waals surface area contributed by atoms with Gasteiger partial charge in [-0.1, -0.05) is 40.8 Å². The van der Waals surface area contributed by atoms with Gasteiger partial charge in [0.25, 0.3) is 0 Å². The van der Waals surface area contributed by atoms with Crippen molar-refractivity contribution >= 4 is 51.4 Å². The van der Waals surface area contributed by atoms with Gasteiger partial charge in [0.15, 0.2) is 4.34 Å². The molecule has 2 heterocycles. The number of hydrogen-bond donors (Lipinski definition) is 2. The molecule has 0 aliphatic rings. The van der Waals surface area contributed by atoms with Crippen LogP contribution in [0.25, 0.3) is 0 Å². The topological polar surface area (TPSA) is 80.0 Å². The summed E-state index contributed by atoms with van der Waals surface area (Å²) in [5, 5.41) is 15.2. The third kappa shape index (κ3) is 5.22. The fourth-order valence-electron chi connectivity index (χ4n) is 1.95. The summed E-state index contributed by atoms with van der Waals surface area (Å²) in [6, 6.07) is 9.21. The predicted molar refractivity (Wildman–Crippen MR) is 101 cm³/mol. The second-order valence-corrected chi connectivity index (χ2v) is 7.73. The molecule has 0 unspecified atom stereocenters. The molecule has 1 aromatic carbocycles. The van der Waals surface area contributed by atoms with E-state index in [0.29, 0.717) is 26.7 Å². The highest BCUT2D eigenvalue weighted by molar-refractivity contribution is 8.01. The van der Waals surface area contributed by atoms with E-state index in [1.807, 2.05) is 31.2 Å². The smallest absolute Gasteiger partial charge is 0.234 e. The number of nitrogens with zero attached hydrogens (tertiary/aromatic N) is 2. The Labute approximate surface area is 158 Å². The highest BCUT2D eigenvalue weighted by Crippen LogP contribution is 2.27. The van der Waals surface area contributed by atoms with Crippen LogP contribution in [-0.2, 0) is 11.3 Å². The molecule has 0 radical (unpaired) electrons. The zero-order valence-corrected chi connectivity index (χ0v) is 15.7. The van der Waals surface area contributed by atoms with Gasteiger partial charge in [-0.15, -0.1) is 10.2 Å². The van der Waals surface area contributed by atoms with Crippen molar-refractivity contribution in [3.8, 4) is 0 Å². The molecule has 2 N–H and O–H groups in total. The van der Waals surface area contributed by atoms with Crippen LogP contribution < -0.4 is 10.6 Å². The Balaban J connectivity index is 1.47. The van der Waals surface area contributed by atoms with Crippen LogP contribution in [0.3, 0.4) is 0 Å². The van der Waals surface area contributed by atoms with Crippen molar-refractivity contribution in [1.82, 2.24) is 10.2 Å². The number of nitrogens with one attached hydrogen (secondary N) is 2. The Kier molecular flexibility index (Phi) is 5.95. The molecule has 6 nitrogen and oxygen atoms in total. The van der Waals surface area contributed by atoms with Gasteiger partial charge in [-0.2, -0.15) is 0 Å². The molecule has 0 spiro atoms. The number of aromatic nitrogens is 2. The Morgan fingerprint density at radius 3 is 3.00 bits per heavy atom. The number of furan rings is 1. The van der Waals surface area contributed by atoms with E-state index in [9.17, 15) is 4.79 Å². The molecule has 3 aromatic rings. The maximum atomic E-state index is 12.0. The molecule has 2 aromatic heterocycles. The van der Waals surface area contributed by atoms with Gasteiger partial charge in [-0.05, 0) is 36.8 Å². The fraction of sp³-hybridized carbons (Fsp3) is 0.188. The monoisotopic (exact) mass is 394 g/mol. The lowest BCUT2D eigenvalue weighted by Crippen LogP contribution is -2.14. The molecule has 0 fully saturated rings. The fourth-order valence-corrected chi connectivity index (χ4v) is 3.78. The summed E-state index contributed by atoms with van der Waals surface area (Å²) in [5.41, 5.74) is 1.65. The van der Waals surface area contributed by atoms with Crippen molar-refractivity contribution in [2.75, 3.05) is 16.4 Å². The molecule has 1 amide bonds. The lowest BCUT2D eigenvalue weighted by molar-refractivity contribution is -0.113. The summed E-state index contributed by atoms with van der Waals surface area (Å²) >= 11 is 8.83. The van der Waals surface area contributed by atoms with E-state index >= 15 is 0 Å². The summed E-state index contributed by atoms with van der Waals surface area (Å²) in [4.78, 5) is 12.0. The quantitative estimate of drug-likeness (QED) is 0.577. The highest BCUT2D eigenvalue weighted by atomic mass is 35.5. The summed E-state index contributed by atoms with van der Waals surface area (Å²) < 4.78 is 5.95. The molecule has 0 aliphatic carbocycles. The molecule has 0 bridgehead atoms. The molecular weight excluding hydrogens is 380 g/mol. The van der Waals surface area contributed by atoms with Gasteiger partial charge in [0, 0.05) is 0 Å². The summed E-state index contributed by atoms with van der Waals surface area (Å²) in [6.07, 6.45) is 1.62. The number of amides is 1. The minimum atomic E-state index is -0.143.